The summed E-state index contributed by atoms with van der Waals surface area (Å²) in [6.45, 7) is 0. The second-order valence-corrected chi connectivity index (χ2v) is 11.3. The largest absolute Gasteiger partial charge is 0.0622 e. The van der Waals surface area contributed by atoms with Gasteiger partial charge in [0.05, 0.1) is 0 Å². The molecule has 0 N–H and O–H groups in total. The minimum Gasteiger partial charge on any atom is -0.0622 e. The van der Waals surface area contributed by atoms with Crippen LogP contribution < -0.4 is 0 Å². The molecule has 0 atom stereocenters. The predicted octanol–water partition coefficient (Wildman–Crippen LogP) is 11.9. The lowest BCUT2D eigenvalue weighted by molar-refractivity contribution is 1.63. The molecule has 0 aliphatic carbocycles. The van der Waals surface area contributed by atoms with Crippen molar-refractivity contribution in [3.63, 3.8) is 0 Å². The molecule has 0 spiro atoms. The molecule has 0 fully saturated rings. The standard InChI is InChI=1S/C42H26/c1-2-11-28(12-3-1)37-23-30-14-6-7-15-31(30)24-40(37)39-26-34-17-8-18-35-38(25-33-16-9-19-36(39)42(33)41(34)35)32-21-20-27-10-4-5-13-29(27)22-32/h1-26H. The van der Waals surface area contributed by atoms with E-state index >= 15 is 0 Å². The average Bonchev–Trinajstić information content (AvgIpc) is 3.06. The summed E-state index contributed by atoms with van der Waals surface area (Å²) in [5.74, 6) is 0. The highest BCUT2D eigenvalue weighted by atomic mass is 14.2. The van der Waals surface area contributed by atoms with Gasteiger partial charge in [0.2, 0.25) is 0 Å². The first kappa shape index (κ1) is 23.3. The maximum atomic E-state index is 2.42. The first-order valence-corrected chi connectivity index (χ1v) is 14.6. The number of hydrogen-bond donors (Lipinski definition) is 0. The summed E-state index contributed by atoms with van der Waals surface area (Å²) in [4.78, 5) is 0. The van der Waals surface area contributed by atoms with Gasteiger partial charge < -0.3 is 0 Å². The van der Waals surface area contributed by atoms with Crippen LogP contribution in [0.4, 0.5) is 0 Å². The van der Waals surface area contributed by atoms with Crippen LogP contribution in [-0.2, 0) is 0 Å². The molecule has 0 unspecified atom stereocenters. The molecule has 0 heteroatoms. The molecule has 0 nitrogen and oxygen atoms in total. The normalized spacial score (nSPS) is 11.8. The van der Waals surface area contributed by atoms with Gasteiger partial charge in [0.25, 0.3) is 0 Å². The van der Waals surface area contributed by atoms with Crippen molar-refractivity contribution in [1.82, 2.24) is 0 Å². The molecular formula is C42H26. The summed E-state index contributed by atoms with van der Waals surface area (Å²) in [5.41, 5.74) is 7.60. The molecule has 9 aromatic carbocycles. The summed E-state index contributed by atoms with van der Waals surface area (Å²) in [6, 6.07) is 58.1. The zero-order valence-electron chi connectivity index (χ0n) is 23.0. The molecule has 0 heterocycles. The van der Waals surface area contributed by atoms with E-state index in [9.17, 15) is 0 Å². The van der Waals surface area contributed by atoms with Gasteiger partial charge in [-0.05, 0) is 118 Å². The first-order valence-electron chi connectivity index (χ1n) is 14.6. The number of rotatable bonds is 3. The maximum Gasteiger partial charge on any atom is -0.00201 e. The van der Waals surface area contributed by atoms with Crippen LogP contribution >= 0.6 is 0 Å². The summed E-state index contributed by atoms with van der Waals surface area (Å²) >= 11 is 0. The molecule has 9 rings (SSSR count). The van der Waals surface area contributed by atoms with Gasteiger partial charge in [-0.3, -0.25) is 0 Å². The second-order valence-electron chi connectivity index (χ2n) is 11.3. The summed E-state index contributed by atoms with van der Waals surface area (Å²) in [6.07, 6.45) is 0. The Hall–Kier alpha value is -5.46. The van der Waals surface area contributed by atoms with E-state index in [1.807, 2.05) is 0 Å². The molecule has 194 valence electrons. The minimum absolute atomic E-state index is 1.24. The second kappa shape index (κ2) is 9.03. The average molecular weight is 531 g/mol. The Morgan fingerprint density at radius 3 is 1.43 bits per heavy atom. The fourth-order valence-electron chi connectivity index (χ4n) is 6.99. The first-order chi connectivity index (χ1) is 20.8. The van der Waals surface area contributed by atoms with Crippen molar-refractivity contribution in [2.75, 3.05) is 0 Å². The maximum absolute atomic E-state index is 2.42. The van der Waals surface area contributed by atoms with Crippen molar-refractivity contribution in [1.29, 1.82) is 0 Å². The van der Waals surface area contributed by atoms with Crippen molar-refractivity contribution in [2.24, 2.45) is 0 Å². The van der Waals surface area contributed by atoms with Crippen LogP contribution in [0.3, 0.4) is 0 Å². The van der Waals surface area contributed by atoms with Crippen LogP contribution in [0.1, 0.15) is 0 Å². The van der Waals surface area contributed by atoms with Gasteiger partial charge in [-0.25, -0.2) is 0 Å². The van der Waals surface area contributed by atoms with Gasteiger partial charge in [-0.2, -0.15) is 0 Å². The highest BCUT2D eigenvalue weighted by Gasteiger charge is 2.19. The van der Waals surface area contributed by atoms with E-state index in [-0.39, 0.29) is 0 Å². The van der Waals surface area contributed by atoms with E-state index in [2.05, 4.69) is 158 Å². The zero-order valence-corrected chi connectivity index (χ0v) is 23.0. The third-order valence-corrected chi connectivity index (χ3v) is 8.94. The topological polar surface area (TPSA) is 0 Å². The van der Waals surface area contributed by atoms with E-state index < -0.39 is 0 Å². The van der Waals surface area contributed by atoms with Gasteiger partial charge in [-0.15, -0.1) is 0 Å². The Kier molecular flexibility index (Phi) is 5.00. The van der Waals surface area contributed by atoms with Crippen LogP contribution in [0.15, 0.2) is 158 Å². The number of fused-ring (bicyclic) bond motifs is 2. The lowest BCUT2D eigenvalue weighted by Crippen LogP contribution is -1.92. The number of hydrogen-bond acceptors (Lipinski definition) is 0. The minimum atomic E-state index is 1.24. The number of benzene rings is 9. The van der Waals surface area contributed by atoms with Gasteiger partial charge in [0.1, 0.15) is 0 Å². The van der Waals surface area contributed by atoms with Gasteiger partial charge >= 0.3 is 0 Å². The van der Waals surface area contributed by atoms with Gasteiger partial charge in [0, 0.05) is 0 Å². The third-order valence-electron chi connectivity index (χ3n) is 8.94. The Labute approximate surface area is 244 Å². The highest BCUT2D eigenvalue weighted by Crippen LogP contribution is 2.46. The Bertz CT molecular complexity index is 2450. The van der Waals surface area contributed by atoms with E-state index in [1.165, 1.54) is 87.2 Å². The van der Waals surface area contributed by atoms with Crippen LogP contribution in [0, 0.1) is 0 Å². The zero-order chi connectivity index (χ0) is 27.6. The molecule has 0 bridgehead atoms. The molecule has 0 radical (unpaired) electrons. The molecule has 0 aliphatic heterocycles. The van der Waals surface area contributed by atoms with E-state index in [0.717, 1.165) is 0 Å². The van der Waals surface area contributed by atoms with E-state index in [1.54, 1.807) is 0 Å². The van der Waals surface area contributed by atoms with E-state index in [4.69, 9.17) is 0 Å². The monoisotopic (exact) mass is 530 g/mol. The van der Waals surface area contributed by atoms with Crippen molar-refractivity contribution >= 4 is 53.9 Å². The van der Waals surface area contributed by atoms with Crippen LogP contribution in [-0.4, -0.2) is 0 Å². The molecule has 0 amide bonds. The Balaban J connectivity index is 1.37. The molecule has 0 saturated heterocycles. The van der Waals surface area contributed by atoms with Crippen molar-refractivity contribution < 1.29 is 0 Å². The molecule has 0 aliphatic rings. The molecular weight excluding hydrogens is 504 g/mol. The van der Waals surface area contributed by atoms with Crippen LogP contribution in [0.25, 0.3) is 87.2 Å². The molecule has 42 heavy (non-hydrogen) atoms. The van der Waals surface area contributed by atoms with Crippen molar-refractivity contribution in [2.45, 2.75) is 0 Å². The Morgan fingerprint density at radius 2 is 0.738 bits per heavy atom. The fourth-order valence-corrected chi connectivity index (χ4v) is 6.99. The highest BCUT2D eigenvalue weighted by molar-refractivity contribution is 6.29. The quantitative estimate of drug-likeness (QED) is 0.199. The summed E-state index contributed by atoms with van der Waals surface area (Å²) in [5, 5.41) is 12.9. The lowest BCUT2D eigenvalue weighted by Gasteiger charge is -2.20. The molecule has 0 aromatic heterocycles. The van der Waals surface area contributed by atoms with Crippen molar-refractivity contribution in [3.05, 3.63) is 158 Å². The molecule has 0 saturated carbocycles. The SMILES string of the molecule is c1ccc(-c2cc3ccccc3cc2-c2cc3cccc4c(-c5ccc6ccccc6c5)cc5cccc2c5c34)cc1. The summed E-state index contributed by atoms with van der Waals surface area (Å²) < 4.78 is 0. The lowest BCUT2D eigenvalue weighted by atomic mass is 9.83. The van der Waals surface area contributed by atoms with Crippen LogP contribution in [0.2, 0.25) is 0 Å². The van der Waals surface area contributed by atoms with E-state index in [0.29, 0.717) is 0 Å². The van der Waals surface area contributed by atoms with Crippen LogP contribution in [0.5, 0.6) is 0 Å². The third kappa shape index (κ3) is 3.49. The van der Waals surface area contributed by atoms with Gasteiger partial charge in [0.15, 0.2) is 0 Å². The van der Waals surface area contributed by atoms with Gasteiger partial charge in [-0.1, -0.05) is 127 Å². The molecule has 9 aromatic rings. The fraction of sp³-hybridized carbons (Fsp3) is 0. The van der Waals surface area contributed by atoms with Crippen molar-refractivity contribution in [3.8, 4) is 33.4 Å². The Morgan fingerprint density at radius 1 is 0.238 bits per heavy atom. The predicted molar refractivity (Wildman–Crippen MR) is 181 cm³/mol. The summed E-state index contributed by atoms with van der Waals surface area (Å²) in [7, 11) is 0. The smallest absolute Gasteiger partial charge is 0.00201 e.